The molecule has 0 aliphatic carbocycles. The molecule has 1 amide bonds. The Bertz CT molecular complexity index is 709. The number of hydrogen-bond acceptors (Lipinski definition) is 5. The van der Waals surface area contributed by atoms with Crippen molar-refractivity contribution >= 4 is 17.6 Å². The lowest BCUT2D eigenvalue weighted by molar-refractivity contribution is -0.143. The Labute approximate surface area is 141 Å². The molecule has 2 heterocycles. The number of nitrogens with zero attached hydrogens (tertiary/aromatic N) is 1. The van der Waals surface area contributed by atoms with Crippen molar-refractivity contribution < 1.29 is 23.8 Å². The Morgan fingerprint density at radius 3 is 2.79 bits per heavy atom. The average Bonchev–Trinajstić information content (AvgIpc) is 2.53. The SMILES string of the molecule is COc1cccc2c1N(COC(C)=O)C(=O)C1C=CC(C)(C)OC21. The zero-order valence-electron chi connectivity index (χ0n) is 14.2. The van der Waals surface area contributed by atoms with Crippen LogP contribution in [0, 0.1) is 5.92 Å². The van der Waals surface area contributed by atoms with Crippen LogP contribution in [0.5, 0.6) is 5.75 Å². The smallest absolute Gasteiger partial charge is 0.304 e. The first-order chi connectivity index (χ1) is 11.3. The maximum absolute atomic E-state index is 13.0. The molecular weight excluding hydrogens is 310 g/mol. The van der Waals surface area contributed by atoms with E-state index in [1.54, 1.807) is 13.2 Å². The third-order valence-electron chi connectivity index (χ3n) is 4.24. The van der Waals surface area contributed by atoms with Crippen molar-refractivity contribution in [1.82, 2.24) is 0 Å². The monoisotopic (exact) mass is 331 g/mol. The predicted octanol–water partition coefficient (Wildman–Crippen LogP) is 2.58. The van der Waals surface area contributed by atoms with Crippen LogP contribution in [0.4, 0.5) is 5.69 Å². The number of fused-ring (bicyclic) bond motifs is 3. The molecule has 2 aliphatic rings. The highest BCUT2D eigenvalue weighted by atomic mass is 16.5. The molecule has 0 spiro atoms. The van der Waals surface area contributed by atoms with E-state index in [9.17, 15) is 9.59 Å². The van der Waals surface area contributed by atoms with Gasteiger partial charge >= 0.3 is 5.97 Å². The van der Waals surface area contributed by atoms with E-state index in [1.807, 2.05) is 38.1 Å². The van der Waals surface area contributed by atoms with Gasteiger partial charge in [-0.1, -0.05) is 24.3 Å². The van der Waals surface area contributed by atoms with E-state index in [0.717, 1.165) is 5.56 Å². The summed E-state index contributed by atoms with van der Waals surface area (Å²) in [7, 11) is 1.54. The van der Waals surface area contributed by atoms with Crippen molar-refractivity contribution in [3.63, 3.8) is 0 Å². The molecule has 2 atom stereocenters. The minimum Gasteiger partial charge on any atom is -0.495 e. The molecule has 1 aromatic carbocycles. The normalized spacial score (nSPS) is 24.2. The van der Waals surface area contributed by atoms with Crippen molar-refractivity contribution in [2.24, 2.45) is 5.92 Å². The number of methoxy groups -OCH3 is 1. The van der Waals surface area contributed by atoms with Gasteiger partial charge in [-0.3, -0.25) is 14.5 Å². The number of benzene rings is 1. The lowest BCUT2D eigenvalue weighted by Crippen LogP contribution is -2.48. The number of carbonyl (C=O) groups excluding carboxylic acids is 2. The fraction of sp³-hybridized carbons (Fsp3) is 0.444. The number of para-hydroxylation sites is 1. The molecule has 0 radical (unpaired) electrons. The second-order valence-electron chi connectivity index (χ2n) is 6.46. The van der Waals surface area contributed by atoms with Gasteiger partial charge in [0.2, 0.25) is 5.91 Å². The van der Waals surface area contributed by atoms with E-state index in [0.29, 0.717) is 11.4 Å². The molecular formula is C18H21NO5. The van der Waals surface area contributed by atoms with Gasteiger partial charge < -0.3 is 14.2 Å². The highest BCUT2D eigenvalue weighted by Crippen LogP contribution is 2.48. The summed E-state index contributed by atoms with van der Waals surface area (Å²) >= 11 is 0. The lowest BCUT2D eigenvalue weighted by Gasteiger charge is -2.43. The Kier molecular flexibility index (Phi) is 4.09. The summed E-state index contributed by atoms with van der Waals surface area (Å²) in [5.41, 5.74) is 0.988. The van der Waals surface area contributed by atoms with Gasteiger partial charge in [-0.15, -0.1) is 0 Å². The standard InChI is InChI=1S/C18H21NO5/c1-11(20)23-10-19-15-12(6-5-7-14(15)22-4)16-13(17(19)21)8-9-18(2,3)24-16/h5-9,13,16H,10H2,1-4H3. The summed E-state index contributed by atoms with van der Waals surface area (Å²) in [6.07, 6.45) is 3.37. The highest BCUT2D eigenvalue weighted by Gasteiger charge is 2.45. The molecule has 128 valence electrons. The zero-order chi connectivity index (χ0) is 17.5. The van der Waals surface area contributed by atoms with Gasteiger partial charge in [0.15, 0.2) is 6.73 Å². The van der Waals surface area contributed by atoms with Crippen LogP contribution >= 0.6 is 0 Å². The van der Waals surface area contributed by atoms with Gasteiger partial charge in [0, 0.05) is 12.5 Å². The zero-order valence-corrected chi connectivity index (χ0v) is 14.2. The average molecular weight is 331 g/mol. The van der Waals surface area contributed by atoms with E-state index >= 15 is 0 Å². The Morgan fingerprint density at radius 1 is 1.38 bits per heavy atom. The molecule has 1 aromatic rings. The second-order valence-corrected chi connectivity index (χ2v) is 6.46. The van der Waals surface area contributed by atoms with Gasteiger partial charge in [-0.05, 0) is 19.9 Å². The molecule has 3 rings (SSSR count). The van der Waals surface area contributed by atoms with E-state index in [-0.39, 0.29) is 12.6 Å². The van der Waals surface area contributed by atoms with Crippen LogP contribution in [0.2, 0.25) is 0 Å². The molecule has 0 saturated heterocycles. The first-order valence-corrected chi connectivity index (χ1v) is 7.83. The number of amides is 1. The Morgan fingerprint density at radius 2 is 2.12 bits per heavy atom. The molecule has 24 heavy (non-hydrogen) atoms. The van der Waals surface area contributed by atoms with Gasteiger partial charge in [-0.2, -0.15) is 0 Å². The van der Waals surface area contributed by atoms with E-state index in [2.05, 4.69) is 0 Å². The summed E-state index contributed by atoms with van der Waals surface area (Å²) in [4.78, 5) is 25.6. The first-order valence-electron chi connectivity index (χ1n) is 7.83. The summed E-state index contributed by atoms with van der Waals surface area (Å²) in [5, 5.41) is 0. The minimum absolute atomic E-state index is 0.151. The molecule has 0 N–H and O–H groups in total. The number of carbonyl (C=O) groups is 2. The lowest BCUT2D eigenvalue weighted by atomic mass is 9.84. The van der Waals surface area contributed by atoms with Crippen LogP contribution in [0.25, 0.3) is 0 Å². The van der Waals surface area contributed by atoms with Crippen molar-refractivity contribution in [2.75, 3.05) is 18.7 Å². The predicted molar refractivity (Wildman–Crippen MR) is 87.6 cm³/mol. The van der Waals surface area contributed by atoms with E-state index in [1.165, 1.54) is 11.8 Å². The maximum atomic E-state index is 13.0. The number of ether oxygens (including phenoxy) is 3. The maximum Gasteiger partial charge on any atom is 0.304 e. The number of rotatable bonds is 3. The third-order valence-corrected chi connectivity index (χ3v) is 4.24. The van der Waals surface area contributed by atoms with Crippen molar-refractivity contribution in [3.8, 4) is 5.75 Å². The van der Waals surface area contributed by atoms with Crippen LogP contribution in [-0.4, -0.2) is 31.3 Å². The highest BCUT2D eigenvalue weighted by molar-refractivity contribution is 6.01. The van der Waals surface area contributed by atoms with Crippen molar-refractivity contribution in [3.05, 3.63) is 35.9 Å². The topological polar surface area (TPSA) is 65.1 Å². The second kappa shape index (κ2) is 5.94. The van der Waals surface area contributed by atoms with Gasteiger partial charge in [0.1, 0.15) is 11.9 Å². The number of anilines is 1. The van der Waals surface area contributed by atoms with Crippen LogP contribution in [-0.2, 0) is 19.1 Å². The molecule has 2 unspecified atom stereocenters. The summed E-state index contributed by atoms with van der Waals surface area (Å²) in [6.45, 7) is 5.07. The van der Waals surface area contributed by atoms with Gasteiger partial charge in [0.25, 0.3) is 0 Å². The fourth-order valence-corrected chi connectivity index (χ4v) is 3.14. The molecule has 6 nitrogen and oxygen atoms in total. The Balaban J connectivity index is 2.11. The Hall–Kier alpha value is -2.34. The molecule has 0 aromatic heterocycles. The van der Waals surface area contributed by atoms with Crippen molar-refractivity contribution in [2.45, 2.75) is 32.5 Å². The van der Waals surface area contributed by atoms with Crippen LogP contribution in [0.15, 0.2) is 30.4 Å². The largest absolute Gasteiger partial charge is 0.495 e. The van der Waals surface area contributed by atoms with Gasteiger partial charge in [0.05, 0.1) is 24.3 Å². The molecule has 0 saturated carbocycles. The summed E-state index contributed by atoms with van der Waals surface area (Å²) < 4.78 is 16.6. The summed E-state index contributed by atoms with van der Waals surface area (Å²) in [6, 6.07) is 5.55. The molecule has 2 aliphatic heterocycles. The molecule has 0 fully saturated rings. The third kappa shape index (κ3) is 2.78. The minimum atomic E-state index is -0.458. The van der Waals surface area contributed by atoms with Crippen LogP contribution < -0.4 is 9.64 Å². The van der Waals surface area contributed by atoms with E-state index in [4.69, 9.17) is 14.2 Å². The number of esters is 1. The van der Waals surface area contributed by atoms with E-state index < -0.39 is 23.6 Å². The van der Waals surface area contributed by atoms with Crippen LogP contribution in [0.1, 0.15) is 32.4 Å². The fourth-order valence-electron chi connectivity index (χ4n) is 3.14. The first kappa shape index (κ1) is 16.5. The number of hydrogen-bond donors (Lipinski definition) is 0. The van der Waals surface area contributed by atoms with Crippen LogP contribution in [0.3, 0.4) is 0 Å². The van der Waals surface area contributed by atoms with Gasteiger partial charge in [-0.25, -0.2) is 0 Å². The molecule has 0 bridgehead atoms. The van der Waals surface area contributed by atoms with Crippen molar-refractivity contribution in [1.29, 1.82) is 0 Å². The molecule has 6 heteroatoms. The quantitative estimate of drug-likeness (QED) is 0.629. The summed E-state index contributed by atoms with van der Waals surface area (Å²) in [5.74, 6) is -0.529.